The molecule has 26 heavy (non-hydrogen) atoms. The topological polar surface area (TPSA) is 110 Å². The minimum atomic E-state index is -1.06. The SMILES string of the molecule is CCCCC(NC(=O)[C@H]1CCC(=O)N1Cc1ccccc1)C(=O)C(N)=O. The van der Waals surface area contributed by atoms with Crippen molar-refractivity contribution in [2.24, 2.45) is 5.73 Å². The molecule has 2 rings (SSSR count). The molecule has 1 heterocycles. The minimum absolute atomic E-state index is 0.0969. The van der Waals surface area contributed by atoms with Crippen molar-refractivity contribution in [1.82, 2.24) is 10.2 Å². The number of ketones is 1. The first-order chi connectivity index (χ1) is 12.4. The van der Waals surface area contributed by atoms with Gasteiger partial charge in [-0.1, -0.05) is 50.1 Å². The Balaban J connectivity index is 2.08. The van der Waals surface area contributed by atoms with Crippen LogP contribution in [-0.2, 0) is 25.7 Å². The molecule has 0 aromatic heterocycles. The summed E-state index contributed by atoms with van der Waals surface area (Å²) in [6.07, 6.45) is 2.53. The van der Waals surface area contributed by atoms with Crippen LogP contribution in [0.5, 0.6) is 0 Å². The fourth-order valence-corrected chi connectivity index (χ4v) is 3.10. The van der Waals surface area contributed by atoms with Crippen molar-refractivity contribution in [3.05, 3.63) is 35.9 Å². The van der Waals surface area contributed by atoms with E-state index < -0.39 is 29.7 Å². The highest BCUT2D eigenvalue weighted by molar-refractivity contribution is 6.37. The number of nitrogens with two attached hydrogens (primary N) is 1. The lowest BCUT2D eigenvalue weighted by atomic mass is 10.0. The van der Waals surface area contributed by atoms with Gasteiger partial charge in [-0.05, 0) is 18.4 Å². The van der Waals surface area contributed by atoms with E-state index in [0.717, 1.165) is 12.0 Å². The second-order valence-corrected chi connectivity index (χ2v) is 6.49. The molecule has 7 heteroatoms. The number of unbranched alkanes of at least 4 members (excludes halogenated alkanes) is 1. The number of hydrogen-bond donors (Lipinski definition) is 2. The molecule has 0 bridgehead atoms. The minimum Gasteiger partial charge on any atom is -0.363 e. The lowest BCUT2D eigenvalue weighted by molar-refractivity contribution is -0.140. The highest BCUT2D eigenvalue weighted by Crippen LogP contribution is 2.22. The Labute approximate surface area is 152 Å². The van der Waals surface area contributed by atoms with E-state index in [1.807, 2.05) is 37.3 Å². The third-order valence-corrected chi connectivity index (χ3v) is 4.55. The first kappa shape index (κ1) is 19.6. The average molecular weight is 359 g/mol. The quantitative estimate of drug-likeness (QED) is 0.639. The lowest BCUT2D eigenvalue weighted by Gasteiger charge is -2.26. The Hall–Kier alpha value is -2.70. The number of carbonyl (C=O) groups excluding carboxylic acids is 4. The summed E-state index contributed by atoms with van der Waals surface area (Å²) in [4.78, 5) is 49.6. The van der Waals surface area contributed by atoms with Crippen LogP contribution in [0.1, 0.15) is 44.6 Å². The molecule has 3 amide bonds. The monoisotopic (exact) mass is 359 g/mol. The summed E-state index contributed by atoms with van der Waals surface area (Å²) in [5.41, 5.74) is 6.01. The molecule has 1 aromatic rings. The number of rotatable bonds is 9. The molecule has 2 atom stereocenters. The number of benzene rings is 1. The van der Waals surface area contributed by atoms with Crippen LogP contribution in [0.3, 0.4) is 0 Å². The summed E-state index contributed by atoms with van der Waals surface area (Å²) < 4.78 is 0. The van der Waals surface area contributed by atoms with E-state index in [9.17, 15) is 19.2 Å². The Morgan fingerprint density at radius 2 is 1.96 bits per heavy atom. The maximum absolute atomic E-state index is 12.7. The second-order valence-electron chi connectivity index (χ2n) is 6.49. The Bertz CT molecular complexity index is 675. The number of nitrogens with one attached hydrogen (secondary N) is 1. The molecule has 140 valence electrons. The summed E-state index contributed by atoms with van der Waals surface area (Å²) >= 11 is 0. The van der Waals surface area contributed by atoms with Gasteiger partial charge in [0, 0.05) is 13.0 Å². The Morgan fingerprint density at radius 1 is 1.27 bits per heavy atom. The van der Waals surface area contributed by atoms with Gasteiger partial charge in [-0.2, -0.15) is 0 Å². The van der Waals surface area contributed by atoms with Crippen molar-refractivity contribution in [2.75, 3.05) is 0 Å². The highest BCUT2D eigenvalue weighted by Gasteiger charge is 2.37. The maximum Gasteiger partial charge on any atom is 0.287 e. The molecule has 0 spiro atoms. The normalized spacial score (nSPS) is 17.8. The summed E-state index contributed by atoms with van der Waals surface area (Å²) in [6.45, 7) is 2.28. The van der Waals surface area contributed by atoms with Gasteiger partial charge < -0.3 is 16.0 Å². The number of carbonyl (C=O) groups is 4. The summed E-state index contributed by atoms with van der Waals surface area (Å²) in [6, 6.07) is 7.83. The zero-order valence-corrected chi connectivity index (χ0v) is 14.9. The van der Waals surface area contributed by atoms with Crippen molar-refractivity contribution < 1.29 is 19.2 Å². The van der Waals surface area contributed by atoms with E-state index >= 15 is 0 Å². The van der Waals surface area contributed by atoms with E-state index in [0.29, 0.717) is 25.8 Å². The van der Waals surface area contributed by atoms with Gasteiger partial charge in [0.05, 0.1) is 6.04 Å². The molecule has 1 aromatic carbocycles. The van der Waals surface area contributed by atoms with Crippen LogP contribution >= 0.6 is 0 Å². The van der Waals surface area contributed by atoms with Crippen molar-refractivity contribution in [2.45, 2.75) is 57.7 Å². The average Bonchev–Trinajstić information content (AvgIpc) is 2.99. The highest BCUT2D eigenvalue weighted by atomic mass is 16.2. The number of nitrogens with zero attached hydrogens (tertiary/aromatic N) is 1. The summed E-state index contributed by atoms with van der Waals surface area (Å²) in [5, 5.41) is 2.63. The number of Topliss-reactive ketones (excluding diaryl/α,β-unsaturated/α-hetero) is 1. The third-order valence-electron chi connectivity index (χ3n) is 4.55. The molecule has 3 N–H and O–H groups in total. The largest absolute Gasteiger partial charge is 0.363 e. The van der Waals surface area contributed by atoms with Gasteiger partial charge in [0.1, 0.15) is 6.04 Å². The second kappa shape index (κ2) is 9.12. The third kappa shape index (κ3) is 4.91. The van der Waals surface area contributed by atoms with Gasteiger partial charge >= 0.3 is 0 Å². The zero-order chi connectivity index (χ0) is 19.1. The van der Waals surface area contributed by atoms with Crippen LogP contribution < -0.4 is 11.1 Å². The predicted molar refractivity (Wildman–Crippen MR) is 95.7 cm³/mol. The van der Waals surface area contributed by atoms with E-state index in [-0.39, 0.29) is 12.3 Å². The fraction of sp³-hybridized carbons (Fsp3) is 0.474. The van der Waals surface area contributed by atoms with Crippen LogP contribution in [0.15, 0.2) is 30.3 Å². The number of hydrogen-bond acceptors (Lipinski definition) is 4. The predicted octanol–water partition coefficient (Wildman–Crippen LogP) is 0.907. The molecule has 7 nitrogen and oxygen atoms in total. The molecule has 0 aliphatic carbocycles. The van der Waals surface area contributed by atoms with E-state index in [2.05, 4.69) is 5.32 Å². The van der Waals surface area contributed by atoms with E-state index in [4.69, 9.17) is 5.73 Å². The van der Waals surface area contributed by atoms with Crippen molar-refractivity contribution in [3.63, 3.8) is 0 Å². The standard InChI is InChI=1S/C19H25N3O4/c1-2-3-9-14(17(24)18(20)25)21-19(26)15-10-11-16(23)22(15)12-13-7-5-4-6-8-13/h4-8,14-15H,2-3,9-12H2,1H3,(H2,20,25)(H,21,26)/t14?,15-/m1/s1. The van der Waals surface area contributed by atoms with Crippen LogP contribution in [0.25, 0.3) is 0 Å². The van der Waals surface area contributed by atoms with E-state index in [1.165, 1.54) is 4.90 Å². The van der Waals surface area contributed by atoms with Crippen LogP contribution in [-0.4, -0.2) is 40.5 Å². The van der Waals surface area contributed by atoms with E-state index in [1.54, 1.807) is 0 Å². The van der Waals surface area contributed by atoms with Gasteiger partial charge in [0.25, 0.3) is 5.91 Å². The molecule has 0 saturated carbocycles. The fourth-order valence-electron chi connectivity index (χ4n) is 3.10. The van der Waals surface area contributed by atoms with Crippen LogP contribution in [0.2, 0.25) is 0 Å². The molecule has 1 aliphatic rings. The lowest BCUT2D eigenvalue weighted by Crippen LogP contribution is -2.52. The maximum atomic E-state index is 12.7. The van der Waals surface area contributed by atoms with Crippen molar-refractivity contribution >= 4 is 23.5 Å². The van der Waals surface area contributed by atoms with Gasteiger partial charge in [0.15, 0.2) is 0 Å². The smallest absolute Gasteiger partial charge is 0.287 e. The number of amides is 3. The van der Waals surface area contributed by atoms with Gasteiger partial charge in [-0.3, -0.25) is 19.2 Å². The molecule has 1 saturated heterocycles. The van der Waals surface area contributed by atoms with Crippen LogP contribution in [0.4, 0.5) is 0 Å². The Morgan fingerprint density at radius 3 is 2.58 bits per heavy atom. The summed E-state index contributed by atoms with van der Waals surface area (Å²) in [7, 11) is 0. The summed E-state index contributed by atoms with van der Waals surface area (Å²) in [5.74, 6) is -2.37. The molecule has 1 fully saturated rings. The van der Waals surface area contributed by atoms with Crippen molar-refractivity contribution in [1.29, 1.82) is 0 Å². The van der Waals surface area contributed by atoms with Crippen LogP contribution in [0, 0.1) is 0 Å². The van der Waals surface area contributed by atoms with Crippen molar-refractivity contribution in [3.8, 4) is 0 Å². The first-order valence-electron chi connectivity index (χ1n) is 8.91. The molecular weight excluding hydrogens is 334 g/mol. The first-order valence-corrected chi connectivity index (χ1v) is 8.91. The number of primary amides is 1. The molecule has 1 aliphatic heterocycles. The van der Waals surface area contributed by atoms with Gasteiger partial charge in [0.2, 0.25) is 17.6 Å². The Kier molecular flexibility index (Phi) is 6.89. The number of likely N-dealkylation sites (tertiary alicyclic amines) is 1. The van der Waals surface area contributed by atoms with Gasteiger partial charge in [-0.25, -0.2) is 0 Å². The molecular formula is C19H25N3O4. The molecule has 1 unspecified atom stereocenters. The molecule has 0 radical (unpaired) electrons. The van der Waals surface area contributed by atoms with Gasteiger partial charge in [-0.15, -0.1) is 0 Å². The zero-order valence-electron chi connectivity index (χ0n) is 14.9.